The van der Waals surface area contributed by atoms with Crippen LogP contribution in [0, 0.1) is 5.82 Å². The molecule has 6 nitrogen and oxygen atoms in total. The summed E-state index contributed by atoms with van der Waals surface area (Å²) in [6.45, 7) is 2.66. The highest BCUT2D eigenvalue weighted by molar-refractivity contribution is 7.89. The number of ether oxygens (including phenoxy) is 1. The summed E-state index contributed by atoms with van der Waals surface area (Å²) in [6, 6.07) is 4.68. The van der Waals surface area contributed by atoms with E-state index in [0.717, 1.165) is 6.42 Å². The van der Waals surface area contributed by atoms with Gasteiger partial charge in [0, 0.05) is 43.4 Å². The van der Waals surface area contributed by atoms with E-state index in [9.17, 15) is 23.0 Å². The number of nitrogens with zero attached hydrogens (tertiary/aromatic N) is 1. The summed E-state index contributed by atoms with van der Waals surface area (Å²) in [4.78, 5) is 0. The van der Waals surface area contributed by atoms with Crippen molar-refractivity contribution >= 4 is 10.0 Å². The Hall–Kier alpha value is -1.06. The Morgan fingerprint density at radius 3 is 2.68 bits per heavy atom. The zero-order valence-corrected chi connectivity index (χ0v) is 17.1. The van der Waals surface area contributed by atoms with Crippen molar-refractivity contribution < 1.29 is 27.8 Å². The maximum Gasteiger partial charge on any atom is 0.214 e. The number of aliphatic hydroxyl groups is 2. The van der Waals surface area contributed by atoms with Crippen molar-refractivity contribution in [3.05, 3.63) is 35.1 Å². The summed E-state index contributed by atoms with van der Waals surface area (Å²) in [5.41, 5.74) is 0.345. The molecule has 158 valence electrons. The minimum atomic E-state index is -3.37. The summed E-state index contributed by atoms with van der Waals surface area (Å²) >= 11 is 0. The molecule has 1 aromatic carbocycles. The molecule has 1 aromatic rings. The summed E-state index contributed by atoms with van der Waals surface area (Å²) < 4.78 is 46.5. The molecule has 0 amide bonds. The molecule has 3 rings (SSSR count). The van der Waals surface area contributed by atoms with Gasteiger partial charge in [0.2, 0.25) is 10.0 Å². The van der Waals surface area contributed by atoms with Gasteiger partial charge in [0.25, 0.3) is 0 Å². The Kier molecular flexibility index (Phi) is 6.76. The zero-order chi connectivity index (χ0) is 20.4. The van der Waals surface area contributed by atoms with Gasteiger partial charge in [0.15, 0.2) is 0 Å². The van der Waals surface area contributed by atoms with Crippen molar-refractivity contribution in [2.24, 2.45) is 0 Å². The molecular weight excluding hydrogens is 385 g/mol. The molecule has 8 heteroatoms. The second kappa shape index (κ2) is 8.75. The molecule has 0 aromatic heterocycles. The van der Waals surface area contributed by atoms with E-state index < -0.39 is 27.4 Å². The monoisotopic (exact) mass is 415 g/mol. The molecule has 0 saturated carbocycles. The number of sulfonamides is 1. The Balaban J connectivity index is 1.88. The summed E-state index contributed by atoms with van der Waals surface area (Å²) in [5.74, 6) is -0.361. The molecule has 2 heterocycles. The number of benzene rings is 1. The van der Waals surface area contributed by atoms with Crippen LogP contribution in [0.4, 0.5) is 4.39 Å². The second-order valence-electron chi connectivity index (χ2n) is 7.96. The molecule has 2 atom stereocenters. The fraction of sp³-hybridized carbons (Fsp3) is 0.700. The fourth-order valence-corrected chi connectivity index (χ4v) is 6.21. The third-order valence-corrected chi connectivity index (χ3v) is 8.26. The van der Waals surface area contributed by atoms with Crippen LogP contribution in [0.3, 0.4) is 0 Å². The summed E-state index contributed by atoms with van der Waals surface area (Å²) in [6.07, 6.45) is 1.92. The zero-order valence-electron chi connectivity index (χ0n) is 16.3. The average molecular weight is 416 g/mol. The van der Waals surface area contributed by atoms with Crippen LogP contribution in [0.25, 0.3) is 0 Å². The first-order valence-corrected chi connectivity index (χ1v) is 11.6. The Bertz CT molecular complexity index is 779. The summed E-state index contributed by atoms with van der Waals surface area (Å²) in [5, 5.41) is 19.9. The van der Waals surface area contributed by atoms with Gasteiger partial charge in [-0.05, 0) is 50.7 Å². The van der Waals surface area contributed by atoms with Crippen molar-refractivity contribution in [3.8, 4) is 0 Å². The summed E-state index contributed by atoms with van der Waals surface area (Å²) in [7, 11) is -3.37. The number of aliphatic hydroxyl groups excluding tert-OH is 2. The molecule has 0 aliphatic carbocycles. The predicted octanol–water partition coefficient (Wildman–Crippen LogP) is 1.93. The highest BCUT2D eigenvalue weighted by Gasteiger charge is 2.41. The van der Waals surface area contributed by atoms with Gasteiger partial charge in [-0.1, -0.05) is 12.1 Å². The molecule has 2 fully saturated rings. The van der Waals surface area contributed by atoms with E-state index in [2.05, 4.69) is 0 Å². The number of hydrogen-bond donors (Lipinski definition) is 2. The molecule has 0 unspecified atom stereocenters. The normalized spacial score (nSPS) is 26.1. The van der Waals surface area contributed by atoms with Gasteiger partial charge in [-0.3, -0.25) is 0 Å². The largest absolute Gasteiger partial charge is 0.396 e. The fourth-order valence-electron chi connectivity index (χ4n) is 4.45. The van der Waals surface area contributed by atoms with Crippen molar-refractivity contribution in [2.75, 3.05) is 25.6 Å². The molecule has 2 saturated heterocycles. The van der Waals surface area contributed by atoms with Crippen LogP contribution in [-0.2, 0) is 26.7 Å². The molecular formula is C20H30FNO5S. The lowest BCUT2D eigenvalue weighted by atomic mass is 9.69. The Morgan fingerprint density at radius 2 is 2.07 bits per heavy atom. The predicted molar refractivity (Wildman–Crippen MR) is 104 cm³/mol. The van der Waals surface area contributed by atoms with Crippen molar-refractivity contribution in [3.63, 3.8) is 0 Å². The van der Waals surface area contributed by atoms with Crippen LogP contribution >= 0.6 is 0 Å². The van der Waals surface area contributed by atoms with E-state index >= 15 is 0 Å². The SMILES string of the molecule is C[C@H]1CCCS(=O)(=O)N1Cc1ccc(C2([C@H](O)CCO)CCOCC2)cc1F. The van der Waals surface area contributed by atoms with Crippen molar-refractivity contribution in [1.29, 1.82) is 0 Å². The molecule has 2 aliphatic heterocycles. The van der Waals surface area contributed by atoms with Gasteiger partial charge < -0.3 is 14.9 Å². The maximum atomic E-state index is 15.0. The quantitative estimate of drug-likeness (QED) is 0.741. The van der Waals surface area contributed by atoms with Crippen LogP contribution in [-0.4, -0.2) is 60.7 Å². The third kappa shape index (κ3) is 4.26. The van der Waals surface area contributed by atoms with Crippen LogP contribution in [0.1, 0.15) is 50.2 Å². The van der Waals surface area contributed by atoms with E-state index in [4.69, 9.17) is 4.74 Å². The van der Waals surface area contributed by atoms with Crippen LogP contribution in [0.15, 0.2) is 18.2 Å². The van der Waals surface area contributed by atoms with Crippen molar-refractivity contribution in [2.45, 2.75) is 63.1 Å². The number of rotatable bonds is 6. The Labute approximate surface area is 166 Å². The first-order valence-electron chi connectivity index (χ1n) is 9.95. The Morgan fingerprint density at radius 1 is 1.36 bits per heavy atom. The minimum Gasteiger partial charge on any atom is -0.396 e. The maximum absolute atomic E-state index is 15.0. The van der Waals surface area contributed by atoms with Gasteiger partial charge in [-0.2, -0.15) is 4.31 Å². The second-order valence-corrected chi connectivity index (χ2v) is 10.00. The first kappa shape index (κ1) is 21.6. The average Bonchev–Trinajstić information content (AvgIpc) is 2.66. The van der Waals surface area contributed by atoms with E-state index in [1.54, 1.807) is 12.1 Å². The van der Waals surface area contributed by atoms with Gasteiger partial charge in [0.1, 0.15) is 5.82 Å². The number of halogens is 1. The molecule has 0 radical (unpaired) electrons. The topological polar surface area (TPSA) is 87.1 Å². The molecule has 28 heavy (non-hydrogen) atoms. The van der Waals surface area contributed by atoms with E-state index in [1.165, 1.54) is 10.4 Å². The molecule has 2 N–H and O–H groups in total. The third-order valence-electron chi connectivity index (χ3n) is 6.25. The molecule has 0 spiro atoms. The van der Waals surface area contributed by atoms with Gasteiger partial charge in [0.05, 0.1) is 11.9 Å². The van der Waals surface area contributed by atoms with Crippen LogP contribution < -0.4 is 0 Å². The van der Waals surface area contributed by atoms with Gasteiger partial charge in [-0.15, -0.1) is 0 Å². The lowest BCUT2D eigenvalue weighted by molar-refractivity contribution is -0.0242. The van der Waals surface area contributed by atoms with E-state index in [0.29, 0.717) is 43.6 Å². The standard InChI is InChI=1S/C20H30FNO5S/c1-15-3-2-12-28(25,26)22(15)14-16-4-5-17(13-18(16)21)20(19(24)6-9-23)7-10-27-11-8-20/h4-5,13,15,19,23-24H,2-3,6-12,14H2,1H3/t15-,19+/m0/s1. The smallest absolute Gasteiger partial charge is 0.214 e. The highest BCUT2D eigenvalue weighted by Crippen LogP contribution is 2.40. The number of hydrogen-bond acceptors (Lipinski definition) is 5. The molecule has 0 bridgehead atoms. The highest BCUT2D eigenvalue weighted by atomic mass is 32.2. The first-order chi connectivity index (χ1) is 13.3. The van der Waals surface area contributed by atoms with Crippen LogP contribution in [0.5, 0.6) is 0 Å². The van der Waals surface area contributed by atoms with E-state index in [-0.39, 0.29) is 31.4 Å². The van der Waals surface area contributed by atoms with Crippen LogP contribution in [0.2, 0.25) is 0 Å². The lowest BCUT2D eigenvalue weighted by Gasteiger charge is -2.41. The minimum absolute atomic E-state index is 0.0188. The lowest BCUT2D eigenvalue weighted by Crippen LogP contribution is -2.45. The van der Waals surface area contributed by atoms with Gasteiger partial charge >= 0.3 is 0 Å². The van der Waals surface area contributed by atoms with E-state index in [1.807, 2.05) is 6.92 Å². The molecule has 2 aliphatic rings. The van der Waals surface area contributed by atoms with Crippen molar-refractivity contribution in [1.82, 2.24) is 4.31 Å². The van der Waals surface area contributed by atoms with Gasteiger partial charge in [-0.25, -0.2) is 12.8 Å².